The van der Waals surface area contributed by atoms with Crippen molar-refractivity contribution < 1.29 is 19.1 Å². The van der Waals surface area contributed by atoms with E-state index in [9.17, 15) is 14.4 Å². The summed E-state index contributed by atoms with van der Waals surface area (Å²) in [6.45, 7) is 4.41. The van der Waals surface area contributed by atoms with E-state index in [-0.39, 0.29) is 13.0 Å². The van der Waals surface area contributed by atoms with Crippen molar-refractivity contribution in [3.8, 4) is 6.07 Å². The third-order valence-corrected chi connectivity index (χ3v) is 2.34. The maximum atomic E-state index is 11.8. The van der Waals surface area contributed by atoms with Crippen molar-refractivity contribution in [3.05, 3.63) is 0 Å². The lowest BCUT2D eigenvalue weighted by Gasteiger charge is -2.29. The molecule has 6 nitrogen and oxygen atoms in total. The van der Waals surface area contributed by atoms with E-state index in [4.69, 9.17) is 10.00 Å². The highest BCUT2D eigenvalue weighted by atomic mass is 16.5. The number of ether oxygens (including phenoxy) is 1. The van der Waals surface area contributed by atoms with Crippen LogP contribution in [0.15, 0.2) is 0 Å². The lowest BCUT2D eigenvalue weighted by molar-refractivity contribution is -0.152. The minimum Gasteiger partial charge on any atom is -0.463 e. The van der Waals surface area contributed by atoms with Crippen LogP contribution in [-0.4, -0.2) is 30.3 Å². The summed E-state index contributed by atoms with van der Waals surface area (Å²) in [5.74, 6) is -2.03. The molecule has 0 aliphatic heterocycles. The van der Waals surface area contributed by atoms with Crippen molar-refractivity contribution in [1.82, 2.24) is 5.32 Å². The van der Waals surface area contributed by atoms with Gasteiger partial charge in [0, 0.05) is 19.3 Å². The second-order valence-corrected chi connectivity index (χ2v) is 3.62. The van der Waals surface area contributed by atoms with E-state index in [1.54, 1.807) is 13.0 Å². The van der Waals surface area contributed by atoms with E-state index in [1.807, 2.05) is 0 Å². The highest BCUT2D eigenvalue weighted by Gasteiger charge is 2.46. The van der Waals surface area contributed by atoms with Crippen molar-refractivity contribution in [1.29, 1.82) is 5.26 Å². The monoisotopic (exact) mass is 240 g/mol. The third-order valence-electron chi connectivity index (χ3n) is 2.34. The molecule has 17 heavy (non-hydrogen) atoms. The maximum absolute atomic E-state index is 11.8. The van der Waals surface area contributed by atoms with Gasteiger partial charge in [0.25, 0.3) is 0 Å². The molecule has 2 atom stereocenters. The second kappa shape index (κ2) is 6.63. The van der Waals surface area contributed by atoms with Gasteiger partial charge >= 0.3 is 5.97 Å². The Hall–Kier alpha value is -1.90. The number of amides is 1. The Morgan fingerprint density at radius 1 is 1.59 bits per heavy atom. The van der Waals surface area contributed by atoms with Gasteiger partial charge in [-0.2, -0.15) is 5.26 Å². The molecule has 0 rings (SSSR count). The van der Waals surface area contributed by atoms with Crippen LogP contribution < -0.4 is 5.32 Å². The van der Waals surface area contributed by atoms with Gasteiger partial charge in [-0.05, 0) is 6.92 Å². The first-order valence-corrected chi connectivity index (χ1v) is 5.25. The standard InChI is InChI=1S/C11H16N2O4/c1-4-17-10(16)11(7-12,13-9(3)15)8(2)5-6-14/h6,8H,4-5H2,1-3H3,(H,13,15)/t8-,11-/m1/s1. The number of esters is 1. The highest BCUT2D eigenvalue weighted by Crippen LogP contribution is 2.21. The summed E-state index contributed by atoms with van der Waals surface area (Å²) in [5, 5.41) is 11.4. The van der Waals surface area contributed by atoms with Gasteiger partial charge in [-0.25, -0.2) is 4.79 Å². The van der Waals surface area contributed by atoms with Crippen molar-refractivity contribution >= 4 is 18.2 Å². The van der Waals surface area contributed by atoms with E-state index in [0.717, 1.165) is 0 Å². The number of hydrogen-bond acceptors (Lipinski definition) is 5. The van der Waals surface area contributed by atoms with Gasteiger partial charge in [-0.3, -0.25) is 4.79 Å². The number of aldehydes is 1. The molecule has 0 saturated heterocycles. The smallest absolute Gasteiger partial charge is 0.347 e. The number of nitrogens with one attached hydrogen (secondary N) is 1. The SMILES string of the molecule is CCOC(=O)[C@](C#N)(NC(C)=O)[C@H](C)CC=O. The molecule has 0 saturated carbocycles. The number of hydrogen-bond donors (Lipinski definition) is 1. The summed E-state index contributed by atoms with van der Waals surface area (Å²) >= 11 is 0. The second-order valence-electron chi connectivity index (χ2n) is 3.62. The van der Waals surface area contributed by atoms with Gasteiger partial charge in [0.05, 0.1) is 6.61 Å². The topological polar surface area (TPSA) is 96.3 Å². The van der Waals surface area contributed by atoms with Crippen LogP contribution in [0.3, 0.4) is 0 Å². The van der Waals surface area contributed by atoms with Crippen LogP contribution in [0, 0.1) is 17.2 Å². The molecule has 0 spiro atoms. The van der Waals surface area contributed by atoms with Crippen molar-refractivity contribution in [2.45, 2.75) is 32.7 Å². The van der Waals surface area contributed by atoms with E-state index in [0.29, 0.717) is 6.29 Å². The molecule has 0 fully saturated rings. The third kappa shape index (κ3) is 3.55. The van der Waals surface area contributed by atoms with Gasteiger partial charge in [0.1, 0.15) is 12.4 Å². The molecule has 0 heterocycles. The molecule has 0 aromatic heterocycles. The zero-order valence-electron chi connectivity index (χ0n) is 10.1. The quantitative estimate of drug-likeness (QED) is 0.527. The average molecular weight is 240 g/mol. The van der Waals surface area contributed by atoms with Crippen LogP contribution in [0.2, 0.25) is 0 Å². The minimum absolute atomic E-state index is 0.0212. The summed E-state index contributed by atoms with van der Waals surface area (Å²) < 4.78 is 4.77. The Morgan fingerprint density at radius 2 is 2.18 bits per heavy atom. The largest absolute Gasteiger partial charge is 0.463 e. The summed E-state index contributed by atoms with van der Waals surface area (Å²) in [4.78, 5) is 33.3. The Kier molecular flexibility index (Phi) is 5.89. The van der Waals surface area contributed by atoms with Gasteiger partial charge < -0.3 is 14.8 Å². The molecule has 0 unspecified atom stereocenters. The molecule has 6 heteroatoms. The molecular weight excluding hydrogens is 224 g/mol. The molecule has 0 bridgehead atoms. The fourth-order valence-corrected chi connectivity index (χ4v) is 1.40. The Bertz CT molecular complexity index is 348. The average Bonchev–Trinajstić information content (AvgIpc) is 2.26. The van der Waals surface area contributed by atoms with Crippen LogP contribution >= 0.6 is 0 Å². The summed E-state index contributed by atoms with van der Waals surface area (Å²) in [6, 6.07) is 1.75. The van der Waals surface area contributed by atoms with E-state index in [2.05, 4.69) is 5.32 Å². The first-order chi connectivity index (χ1) is 7.94. The van der Waals surface area contributed by atoms with Crippen molar-refractivity contribution in [2.75, 3.05) is 6.61 Å². The van der Waals surface area contributed by atoms with E-state index < -0.39 is 23.3 Å². The molecular formula is C11H16N2O4. The summed E-state index contributed by atoms with van der Waals surface area (Å²) in [7, 11) is 0. The fraction of sp³-hybridized carbons (Fsp3) is 0.636. The predicted molar refractivity (Wildman–Crippen MR) is 58.6 cm³/mol. The highest BCUT2D eigenvalue weighted by molar-refractivity contribution is 5.90. The molecule has 0 aromatic rings. The van der Waals surface area contributed by atoms with Crippen molar-refractivity contribution in [3.63, 3.8) is 0 Å². The summed E-state index contributed by atoms with van der Waals surface area (Å²) in [5.41, 5.74) is -1.80. The molecule has 1 amide bonds. The minimum atomic E-state index is -1.80. The number of carbonyl (C=O) groups is 3. The van der Waals surface area contributed by atoms with Crippen molar-refractivity contribution in [2.24, 2.45) is 5.92 Å². The number of rotatable bonds is 6. The van der Waals surface area contributed by atoms with Gasteiger partial charge in [0.15, 0.2) is 0 Å². The molecule has 1 N–H and O–H groups in total. The lowest BCUT2D eigenvalue weighted by atomic mass is 9.84. The van der Waals surface area contributed by atoms with Crippen LogP contribution in [0.25, 0.3) is 0 Å². The zero-order valence-corrected chi connectivity index (χ0v) is 10.1. The first kappa shape index (κ1) is 15.1. The zero-order chi connectivity index (χ0) is 13.5. The predicted octanol–water partition coefficient (Wildman–Crippen LogP) is 0.173. The van der Waals surface area contributed by atoms with Crippen LogP contribution in [-0.2, 0) is 19.1 Å². The normalized spacial score (nSPS) is 14.9. The first-order valence-electron chi connectivity index (χ1n) is 5.25. The Balaban J connectivity index is 5.28. The van der Waals surface area contributed by atoms with E-state index in [1.165, 1.54) is 13.8 Å². The van der Waals surface area contributed by atoms with Crippen LogP contribution in [0.4, 0.5) is 0 Å². The Morgan fingerprint density at radius 3 is 2.53 bits per heavy atom. The number of nitrogens with zero attached hydrogens (tertiary/aromatic N) is 1. The summed E-state index contributed by atoms with van der Waals surface area (Å²) in [6.07, 6.45) is 0.574. The molecule has 0 aromatic carbocycles. The number of nitriles is 1. The molecule has 0 radical (unpaired) electrons. The number of carbonyl (C=O) groups excluding carboxylic acids is 3. The van der Waals surface area contributed by atoms with E-state index >= 15 is 0 Å². The lowest BCUT2D eigenvalue weighted by Crippen LogP contribution is -2.58. The van der Waals surface area contributed by atoms with Crippen LogP contribution in [0.1, 0.15) is 27.2 Å². The maximum Gasteiger partial charge on any atom is 0.347 e. The Labute approximate surface area is 99.9 Å². The molecule has 0 aliphatic carbocycles. The van der Waals surface area contributed by atoms with Crippen LogP contribution in [0.5, 0.6) is 0 Å². The fourth-order valence-electron chi connectivity index (χ4n) is 1.40. The van der Waals surface area contributed by atoms with Gasteiger partial charge in [0.2, 0.25) is 11.4 Å². The molecule has 94 valence electrons. The van der Waals surface area contributed by atoms with Gasteiger partial charge in [-0.1, -0.05) is 6.92 Å². The molecule has 0 aliphatic rings. The van der Waals surface area contributed by atoms with Gasteiger partial charge in [-0.15, -0.1) is 0 Å².